The molecule has 156 valence electrons. The van der Waals surface area contributed by atoms with Crippen LogP contribution in [0.1, 0.15) is 52.2 Å². The molecular formula is C20H28INO6. The number of rotatable bonds is 7. The Labute approximate surface area is 179 Å². The van der Waals surface area contributed by atoms with Crippen molar-refractivity contribution >= 4 is 40.6 Å². The second kappa shape index (κ2) is 9.58. The molecule has 1 rings (SSSR count). The summed E-state index contributed by atoms with van der Waals surface area (Å²) in [7, 11) is 0. The van der Waals surface area contributed by atoms with Gasteiger partial charge in [0.15, 0.2) is 0 Å². The van der Waals surface area contributed by atoms with Crippen LogP contribution in [0.4, 0.5) is 4.79 Å². The van der Waals surface area contributed by atoms with E-state index in [-0.39, 0.29) is 6.42 Å². The van der Waals surface area contributed by atoms with Crippen molar-refractivity contribution < 1.29 is 29.0 Å². The fourth-order valence-corrected chi connectivity index (χ4v) is 2.90. The van der Waals surface area contributed by atoms with Crippen molar-refractivity contribution in [2.24, 2.45) is 0 Å². The zero-order valence-electron chi connectivity index (χ0n) is 17.1. The predicted molar refractivity (Wildman–Crippen MR) is 113 cm³/mol. The zero-order valence-corrected chi connectivity index (χ0v) is 19.2. The number of alkyl carbamates (subject to hydrolysis) is 1. The Bertz CT molecular complexity index is 743. The van der Waals surface area contributed by atoms with Gasteiger partial charge >= 0.3 is 18.0 Å². The number of ether oxygens (including phenoxy) is 2. The molecule has 0 heterocycles. The number of aryl methyl sites for hydroxylation is 1. The van der Waals surface area contributed by atoms with E-state index in [2.05, 4.69) is 27.9 Å². The van der Waals surface area contributed by atoms with E-state index in [0.29, 0.717) is 12.0 Å². The van der Waals surface area contributed by atoms with Crippen molar-refractivity contribution in [3.63, 3.8) is 0 Å². The summed E-state index contributed by atoms with van der Waals surface area (Å²) in [4.78, 5) is 37.5. The number of hydrogen-bond donors (Lipinski definition) is 2. The number of aliphatic carboxylic acids is 1. The number of halogens is 1. The van der Waals surface area contributed by atoms with Crippen LogP contribution < -0.4 is 5.32 Å². The van der Waals surface area contributed by atoms with Crippen molar-refractivity contribution in [1.29, 1.82) is 0 Å². The standard InChI is InChI=1S/C20H28INO6/c1-7-13(3)27-17(25)20(16(23)24,22-18(26)28-19(4,5)6)11-14-10-15(21)9-8-12(14)2/h8-10,13H,7,11H2,1-6H3,(H,22,26)(H,23,24). The average Bonchev–Trinajstić information content (AvgIpc) is 2.55. The van der Waals surface area contributed by atoms with E-state index in [9.17, 15) is 19.5 Å². The maximum atomic E-state index is 12.9. The van der Waals surface area contributed by atoms with Gasteiger partial charge in [0.05, 0.1) is 6.10 Å². The Kier molecular flexibility index (Phi) is 8.28. The first-order valence-electron chi connectivity index (χ1n) is 9.01. The van der Waals surface area contributed by atoms with E-state index in [1.54, 1.807) is 33.8 Å². The van der Waals surface area contributed by atoms with Gasteiger partial charge in [0.25, 0.3) is 0 Å². The molecule has 2 atom stereocenters. The number of esters is 1. The third-order valence-electron chi connectivity index (χ3n) is 4.08. The highest BCUT2D eigenvalue weighted by Crippen LogP contribution is 2.23. The van der Waals surface area contributed by atoms with Crippen LogP contribution >= 0.6 is 22.6 Å². The van der Waals surface area contributed by atoms with Gasteiger partial charge in [-0.15, -0.1) is 0 Å². The summed E-state index contributed by atoms with van der Waals surface area (Å²) < 4.78 is 11.4. The minimum atomic E-state index is -2.30. The lowest BCUT2D eigenvalue weighted by Crippen LogP contribution is -2.63. The molecule has 0 aliphatic heterocycles. The summed E-state index contributed by atoms with van der Waals surface area (Å²) in [5.74, 6) is -2.54. The second-order valence-electron chi connectivity index (χ2n) is 7.71. The SMILES string of the molecule is CCC(C)OC(=O)C(Cc1cc(I)ccc1C)(NC(=O)OC(C)(C)C)C(=O)O. The first-order chi connectivity index (χ1) is 12.8. The van der Waals surface area contributed by atoms with Gasteiger partial charge in [-0.3, -0.25) is 5.32 Å². The largest absolute Gasteiger partial charge is 0.479 e. The van der Waals surface area contributed by atoms with Crippen molar-refractivity contribution in [1.82, 2.24) is 5.32 Å². The van der Waals surface area contributed by atoms with Gasteiger partial charge in [-0.1, -0.05) is 13.0 Å². The molecule has 28 heavy (non-hydrogen) atoms. The molecule has 8 heteroatoms. The second-order valence-corrected chi connectivity index (χ2v) is 8.95. The van der Waals surface area contributed by atoms with Crippen LogP contribution in [-0.4, -0.2) is 40.4 Å². The summed E-state index contributed by atoms with van der Waals surface area (Å²) in [6.07, 6.45) is -1.25. The van der Waals surface area contributed by atoms with Crippen molar-refractivity contribution in [3.8, 4) is 0 Å². The summed E-state index contributed by atoms with van der Waals surface area (Å²) in [5.41, 5.74) is -1.74. The first kappa shape index (κ1) is 24.2. The number of carbonyl (C=O) groups is 3. The number of carbonyl (C=O) groups excluding carboxylic acids is 2. The van der Waals surface area contributed by atoms with Gasteiger partial charge in [-0.2, -0.15) is 0 Å². The minimum absolute atomic E-state index is 0.264. The predicted octanol–water partition coefficient (Wildman–Crippen LogP) is 3.83. The van der Waals surface area contributed by atoms with Crippen LogP contribution in [0.15, 0.2) is 18.2 Å². The van der Waals surface area contributed by atoms with Gasteiger partial charge < -0.3 is 14.6 Å². The molecule has 7 nitrogen and oxygen atoms in total. The number of hydrogen-bond acceptors (Lipinski definition) is 5. The molecule has 1 amide bonds. The number of nitrogens with one attached hydrogen (secondary N) is 1. The van der Waals surface area contributed by atoms with Crippen LogP contribution in [0.25, 0.3) is 0 Å². The lowest BCUT2D eigenvalue weighted by atomic mass is 9.88. The Morgan fingerprint density at radius 2 is 1.86 bits per heavy atom. The molecule has 0 bridgehead atoms. The van der Waals surface area contributed by atoms with E-state index in [4.69, 9.17) is 9.47 Å². The molecule has 0 aliphatic carbocycles. The van der Waals surface area contributed by atoms with Crippen molar-refractivity contribution in [2.45, 2.75) is 71.6 Å². The third kappa shape index (κ3) is 6.65. The van der Waals surface area contributed by atoms with Crippen LogP contribution in [0.2, 0.25) is 0 Å². The molecular weight excluding hydrogens is 477 g/mol. The fourth-order valence-electron chi connectivity index (χ4n) is 2.34. The molecule has 0 saturated heterocycles. The minimum Gasteiger partial charge on any atom is -0.479 e. The van der Waals surface area contributed by atoms with E-state index >= 15 is 0 Å². The molecule has 0 fully saturated rings. The lowest BCUT2D eigenvalue weighted by molar-refractivity contribution is -0.166. The number of benzene rings is 1. The molecule has 2 unspecified atom stereocenters. The lowest BCUT2D eigenvalue weighted by Gasteiger charge is -2.31. The molecule has 2 N–H and O–H groups in total. The van der Waals surface area contributed by atoms with Crippen LogP contribution in [0.3, 0.4) is 0 Å². The van der Waals surface area contributed by atoms with Crippen LogP contribution in [0.5, 0.6) is 0 Å². The molecule has 0 spiro atoms. The maximum Gasteiger partial charge on any atom is 0.409 e. The summed E-state index contributed by atoms with van der Waals surface area (Å²) >= 11 is 2.10. The van der Waals surface area contributed by atoms with E-state index in [1.807, 2.05) is 26.0 Å². The van der Waals surface area contributed by atoms with Crippen LogP contribution in [-0.2, 0) is 25.5 Å². The highest BCUT2D eigenvalue weighted by molar-refractivity contribution is 14.1. The molecule has 0 aromatic heterocycles. The van der Waals surface area contributed by atoms with Gasteiger partial charge in [-0.25, -0.2) is 14.4 Å². The number of amides is 1. The van der Waals surface area contributed by atoms with E-state index < -0.39 is 35.3 Å². The van der Waals surface area contributed by atoms with Crippen molar-refractivity contribution in [3.05, 3.63) is 32.9 Å². The Balaban J connectivity index is 3.39. The van der Waals surface area contributed by atoms with Gasteiger partial charge in [0.2, 0.25) is 5.54 Å². The Morgan fingerprint density at radius 3 is 2.36 bits per heavy atom. The Hall–Kier alpha value is -1.84. The average molecular weight is 505 g/mol. The van der Waals surface area contributed by atoms with E-state index in [1.165, 1.54) is 0 Å². The highest BCUT2D eigenvalue weighted by Gasteiger charge is 2.51. The van der Waals surface area contributed by atoms with E-state index in [0.717, 1.165) is 9.13 Å². The van der Waals surface area contributed by atoms with Gasteiger partial charge in [-0.05, 0) is 86.9 Å². The van der Waals surface area contributed by atoms with Gasteiger partial charge in [0, 0.05) is 9.99 Å². The molecule has 0 saturated carbocycles. The summed E-state index contributed by atoms with van der Waals surface area (Å²) in [6.45, 7) is 10.2. The summed E-state index contributed by atoms with van der Waals surface area (Å²) in [6, 6.07) is 5.48. The topological polar surface area (TPSA) is 102 Å². The maximum absolute atomic E-state index is 12.9. The van der Waals surface area contributed by atoms with Crippen molar-refractivity contribution in [2.75, 3.05) is 0 Å². The quantitative estimate of drug-likeness (QED) is 0.332. The normalized spacial score (nSPS) is 14.5. The summed E-state index contributed by atoms with van der Waals surface area (Å²) in [5, 5.41) is 12.2. The third-order valence-corrected chi connectivity index (χ3v) is 4.75. The molecule has 0 radical (unpaired) electrons. The number of carboxylic acid groups (broad SMARTS) is 1. The molecule has 1 aromatic carbocycles. The van der Waals surface area contributed by atoms with Crippen LogP contribution in [0, 0.1) is 10.5 Å². The smallest absolute Gasteiger partial charge is 0.409 e. The zero-order chi connectivity index (χ0) is 21.7. The fraction of sp³-hybridized carbons (Fsp3) is 0.550. The highest BCUT2D eigenvalue weighted by atomic mass is 127. The molecule has 0 aliphatic rings. The first-order valence-corrected chi connectivity index (χ1v) is 10.1. The molecule has 1 aromatic rings. The van der Waals surface area contributed by atoms with Gasteiger partial charge in [0.1, 0.15) is 5.60 Å². The Morgan fingerprint density at radius 1 is 1.25 bits per heavy atom. The monoisotopic (exact) mass is 505 g/mol. The number of carboxylic acids is 1.